The van der Waals surface area contributed by atoms with Crippen molar-refractivity contribution < 1.29 is 4.74 Å². The molecule has 0 bridgehead atoms. The summed E-state index contributed by atoms with van der Waals surface area (Å²) in [5, 5.41) is 3.45. The van der Waals surface area contributed by atoms with Crippen molar-refractivity contribution in [3.05, 3.63) is 34.3 Å². The Morgan fingerprint density at radius 1 is 1.28 bits per heavy atom. The maximum absolute atomic E-state index is 5.29. The Labute approximate surface area is 119 Å². The lowest BCUT2D eigenvalue weighted by Crippen LogP contribution is -2.30. The standard InChI is InChI=1S/C15H24BrNO/c1-4-17-10-14(12(2)11-18-3)9-13-5-7-15(16)8-6-13/h5-8,12,14,17H,4,9-11H2,1-3H3. The van der Waals surface area contributed by atoms with Crippen LogP contribution in [0.25, 0.3) is 0 Å². The fourth-order valence-corrected chi connectivity index (χ4v) is 2.39. The van der Waals surface area contributed by atoms with Gasteiger partial charge in [0.25, 0.3) is 0 Å². The summed E-state index contributed by atoms with van der Waals surface area (Å²) in [6, 6.07) is 8.62. The van der Waals surface area contributed by atoms with E-state index in [1.807, 2.05) is 0 Å². The Balaban J connectivity index is 2.61. The van der Waals surface area contributed by atoms with E-state index in [0.717, 1.165) is 30.6 Å². The lowest BCUT2D eigenvalue weighted by atomic mass is 9.88. The summed E-state index contributed by atoms with van der Waals surface area (Å²) in [6.45, 7) is 7.32. The molecule has 0 amide bonds. The number of ether oxygens (including phenoxy) is 1. The van der Waals surface area contributed by atoms with Gasteiger partial charge in [-0.2, -0.15) is 0 Å². The molecule has 102 valence electrons. The van der Waals surface area contributed by atoms with Gasteiger partial charge in [0, 0.05) is 18.2 Å². The molecule has 0 spiro atoms. The molecule has 1 rings (SSSR count). The number of nitrogens with one attached hydrogen (secondary N) is 1. The largest absolute Gasteiger partial charge is 0.384 e. The van der Waals surface area contributed by atoms with Gasteiger partial charge in [0.1, 0.15) is 0 Å². The average molecular weight is 314 g/mol. The van der Waals surface area contributed by atoms with Crippen LogP contribution in [0.3, 0.4) is 0 Å². The van der Waals surface area contributed by atoms with Crippen molar-refractivity contribution in [2.45, 2.75) is 20.3 Å². The molecular formula is C15H24BrNO. The summed E-state index contributed by atoms with van der Waals surface area (Å²) in [6.07, 6.45) is 1.10. The van der Waals surface area contributed by atoms with E-state index >= 15 is 0 Å². The Hall–Kier alpha value is -0.380. The van der Waals surface area contributed by atoms with Crippen molar-refractivity contribution in [3.8, 4) is 0 Å². The van der Waals surface area contributed by atoms with E-state index in [-0.39, 0.29) is 0 Å². The van der Waals surface area contributed by atoms with Crippen LogP contribution in [-0.2, 0) is 11.2 Å². The Kier molecular flexibility index (Phi) is 7.56. The third-order valence-electron chi connectivity index (χ3n) is 3.30. The van der Waals surface area contributed by atoms with Crippen LogP contribution in [0, 0.1) is 11.8 Å². The highest BCUT2D eigenvalue weighted by atomic mass is 79.9. The van der Waals surface area contributed by atoms with E-state index in [1.165, 1.54) is 5.56 Å². The van der Waals surface area contributed by atoms with Gasteiger partial charge in [-0.15, -0.1) is 0 Å². The molecule has 0 aliphatic heterocycles. The highest BCUT2D eigenvalue weighted by Crippen LogP contribution is 2.19. The second-order valence-electron chi connectivity index (χ2n) is 4.83. The van der Waals surface area contributed by atoms with Crippen LogP contribution in [0.1, 0.15) is 19.4 Å². The predicted octanol–water partition coefficient (Wildman–Crippen LogP) is 3.50. The Morgan fingerprint density at radius 2 is 1.94 bits per heavy atom. The summed E-state index contributed by atoms with van der Waals surface area (Å²) in [4.78, 5) is 0. The number of methoxy groups -OCH3 is 1. The lowest BCUT2D eigenvalue weighted by molar-refractivity contribution is 0.128. The zero-order chi connectivity index (χ0) is 13.4. The molecule has 0 aliphatic rings. The van der Waals surface area contributed by atoms with E-state index < -0.39 is 0 Å². The number of benzene rings is 1. The SMILES string of the molecule is CCNCC(Cc1ccc(Br)cc1)C(C)COC. The Bertz CT molecular complexity index is 326. The van der Waals surface area contributed by atoms with Crippen LogP contribution in [0.4, 0.5) is 0 Å². The van der Waals surface area contributed by atoms with E-state index in [4.69, 9.17) is 4.74 Å². The van der Waals surface area contributed by atoms with Crippen LogP contribution in [-0.4, -0.2) is 26.8 Å². The number of rotatable bonds is 8. The molecule has 0 heterocycles. The molecule has 2 atom stereocenters. The maximum Gasteiger partial charge on any atom is 0.0491 e. The monoisotopic (exact) mass is 313 g/mol. The fraction of sp³-hybridized carbons (Fsp3) is 0.600. The first-order valence-electron chi connectivity index (χ1n) is 6.61. The zero-order valence-corrected chi connectivity index (χ0v) is 13.2. The maximum atomic E-state index is 5.29. The summed E-state index contributed by atoms with van der Waals surface area (Å²) in [5.41, 5.74) is 1.39. The van der Waals surface area contributed by atoms with E-state index in [0.29, 0.717) is 11.8 Å². The molecule has 3 heteroatoms. The second-order valence-corrected chi connectivity index (χ2v) is 5.75. The molecule has 1 aromatic carbocycles. The third kappa shape index (κ3) is 5.51. The van der Waals surface area contributed by atoms with Gasteiger partial charge in [-0.25, -0.2) is 0 Å². The van der Waals surface area contributed by atoms with Crippen molar-refractivity contribution in [2.75, 3.05) is 26.8 Å². The molecule has 0 saturated heterocycles. The lowest BCUT2D eigenvalue weighted by Gasteiger charge is -2.24. The molecule has 2 nitrogen and oxygen atoms in total. The van der Waals surface area contributed by atoms with Crippen LogP contribution in [0.15, 0.2) is 28.7 Å². The predicted molar refractivity (Wildman–Crippen MR) is 80.9 cm³/mol. The van der Waals surface area contributed by atoms with Crippen molar-refractivity contribution in [1.82, 2.24) is 5.32 Å². The van der Waals surface area contributed by atoms with E-state index in [9.17, 15) is 0 Å². The summed E-state index contributed by atoms with van der Waals surface area (Å²) in [5.74, 6) is 1.18. The highest BCUT2D eigenvalue weighted by molar-refractivity contribution is 9.10. The van der Waals surface area contributed by atoms with E-state index in [1.54, 1.807) is 7.11 Å². The van der Waals surface area contributed by atoms with Crippen LogP contribution >= 0.6 is 15.9 Å². The van der Waals surface area contributed by atoms with Crippen molar-refractivity contribution in [1.29, 1.82) is 0 Å². The number of halogens is 1. The van der Waals surface area contributed by atoms with Crippen molar-refractivity contribution >= 4 is 15.9 Å². The summed E-state index contributed by atoms with van der Waals surface area (Å²) < 4.78 is 6.42. The van der Waals surface area contributed by atoms with Gasteiger partial charge in [0.15, 0.2) is 0 Å². The Morgan fingerprint density at radius 3 is 2.50 bits per heavy atom. The average Bonchev–Trinajstić information content (AvgIpc) is 2.37. The van der Waals surface area contributed by atoms with Gasteiger partial charge in [-0.1, -0.05) is 41.9 Å². The normalized spacial score (nSPS) is 14.4. The number of hydrogen-bond acceptors (Lipinski definition) is 2. The minimum Gasteiger partial charge on any atom is -0.384 e. The summed E-state index contributed by atoms with van der Waals surface area (Å²) >= 11 is 3.48. The van der Waals surface area contributed by atoms with Crippen molar-refractivity contribution in [2.24, 2.45) is 11.8 Å². The van der Waals surface area contributed by atoms with Crippen molar-refractivity contribution in [3.63, 3.8) is 0 Å². The van der Waals surface area contributed by atoms with Gasteiger partial charge < -0.3 is 10.1 Å². The molecule has 0 radical (unpaired) electrons. The highest BCUT2D eigenvalue weighted by Gasteiger charge is 2.17. The molecule has 2 unspecified atom stereocenters. The molecule has 1 N–H and O–H groups in total. The molecule has 0 saturated carbocycles. The minimum absolute atomic E-state index is 0.567. The van der Waals surface area contributed by atoms with Gasteiger partial charge in [-0.3, -0.25) is 0 Å². The second kappa shape index (κ2) is 8.68. The first kappa shape index (κ1) is 15.7. The van der Waals surface area contributed by atoms with Crippen LogP contribution in [0.2, 0.25) is 0 Å². The van der Waals surface area contributed by atoms with Gasteiger partial charge >= 0.3 is 0 Å². The number of hydrogen-bond donors (Lipinski definition) is 1. The smallest absolute Gasteiger partial charge is 0.0491 e. The van der Waals surface area contributed by atoms with Crippen LogP contribution < -0.4 is 5.32 Å². The van der Waals surface area contributed by atoms with Gasteiger partial charge in [-0.05, 0) is 49.0 Å². The third-order valence-corrected chi connectivity index (χ3v) is 3.83. The first-order valence-corrected chi connectivity index (χ1v) is 7.40. The molecule has 1 aromatic rings. The molecule has 18 heavy (non-hydrogen) atoms. The van der Waals surface area contributed by atoms with Crippen LogP contribution in [0.5, 0.6) is 0 Å². The fourth-order valence-electron chi connectivity index (χ4n) is 2.13. The van der Waals surface area contributed by atoms with Gasteiger partial charge in [0.2, 0.25) is 0 Å². The zero-order valence-electron chi connectivity index (χ0n) is 11.6. The minimum atomic E-state index is 0.567. The molecule has 0 fully saturated rings. The molecule has 0 aromatic heterocycles. The first-order chi connectivity index (χ1) is 8.67. The molecular weight excluding hydrogens is 290 g/mol. The summed E-state index contributed by atoms with van der Waals surface area (Å²) in [7, 11) is 1.78. The van der Waals surface area contributed by atoms with E-state index in [2.05, 4.69) is 59.4 Å². The van der Waals surface area contributed by atoms with Gasteiger partial charge in [0.05, 0.1) is 0 Å². The topological polar surface area (TPSA) is 21.3 Å². The molecule has 0 aliphatic carbocycles. The quantitative estimate of drug-likeness (QED) is 0.793.